The Morgan fingerprint density at radius 2 is 1.94 bits per heavy atom. The molecule has 1 aromatic heterocycles. The van der Waals surface area contributed by atoms with Crippen LogP contribution in [-0.4, -0.2) is 33.1 Å². The molecule has 0 saturated carbocycles. The molecule has 3 aromatic rings. The average Bonchev–Trinajstić information content (AvgIpc) is 3.22. The lowest BCUT2D eigenvalue weighted by atomic mass is 10.0. The molecule has 2 aromatic carbocycles. The van der Waals surface area contributed by atoms with Crippen molar-refractivity contribution >= 4 is 52.7 Å². The standard InChI is InChI=1S/C21H19N3O2S2.C2H6O/c25-12-16-13-27-14-19(16)23-21(26)22-17-7-3-8-18(11-17)28-24-10-4-6-15-5-1-2-9-20(15)24;1-3-2/h1-3,5,7-9,11-14H,4,6,10H2,(H2,22,23,26);1-2H3. The molecular formula is C23H25N3O3S2. The van der Waals surface area contributed by atoms with Crippen LogP contribution in [0.2, 0.25) is 0 Å². The third kappa shape index (κ3) is 6.33. The second-order valence-corrected chi connectivity index (χ2v) is 8.64. The number of anilines is 3. The number of benzene rings is 2. The Bertz CT molecular complexity index is 1020. The Morgan fingerprint density at radius 3 is 2.74 bits per heavy atom. The number of nitrogens with one attached hydrogen (secondary N) is 2. The van der Waals surface area contributed by atoms with Gasteiger partial charge in [-0.15, -0.1) is 11.3 Å². The van der Waals surface area contributed by atoms with E-state index in [9.17, 15) is 9.59 Å². The Kier molecular flexibility index (Phi) is 8.52. The molecule has 1 aliphatic rings. The maximum absolute atomic E-state index is 12.3. The summed E-state index contributed by atoms with van der Waals surface area (Å²) in [5.41, 5.74) is 4.34. The zero-order chi connectivity index (χ0) is 22.1. The number of urea groups is 1. The van der Waals surface area contributed by atoms with Gasteiger partial charge in [-0.05, 0) is 54.6 Å². The number of carbonyl (C=O) groups excluding carboxylic acids is 2. The number of ether oxygens (including phenoxy) is 1. The third-order valence-electron chi connectivity index (χ3n) is 4.44. The minimum absolute atomic E-state index is 0.369. The highest BCUT2D eigenvalue weighted by molar-refractivity contribution is 8.00. The van der Waals surface area contributed by atoms with Crippen molar-refractivity contribution in [1.82, 2.24) is 0 Å². The van der Waals surface area contributed by atoms with Gasteiger partial charge in [0.25, 0.3) is 0 Å². The van der Waals surface area contributed by atoms with Crippen LogP contribution in [0.4, 0.5) is 21.9 Å². The maximum atomic E-state index is 12.3. The van der Waals surface area contributed by atoms with E-state index in [0.29, 0.717) is 16.9 Å². The molecule has 162 valence electrons. The number of thiophene rings is 1. The molecule has 0 fully saturated rings. The molecular weight excluding hydrogens is 430 g/mol. The number of aldehydes is 1. The predicted octanol–water partition coefficient (Wildman–Crippen LogP) is 5.93. The lowest BCUT2D eigenvalue weighted by Gasteiger charge is -2.29. The zero-order valence-corrected chi connectivity index (χ0v) is 19.1. The van der Waals surface area contributed by atoms with Gasteiger partial charge in [0.1, 0.15) is 0 Å². The third-order valence-corrected chi connectivity index (χ3v) is 6.27. The number of para-hydroxylation sites is 1. The minimum Gasteiger partial charge on any atom is -0.388 e. The summed E-state index contributed by atoms with van der Waals surface area (Å²) in [5.74, 6) is 0. The van der Waals surface area contributed by atoms with Gasteiger partial charge in [0, 0.05) is 47.7 Å². The van der Waals surface area contributed by atoms with Crippen molar-refractivity contribution in [3.8, 4) is 0 Å². The number of carbonyl (C=O) groups is 2. The molecule has 31 heavy (non-hydrogen) atoms. The molecule has 0 atom stereocenters. The molecule has 1 aliphatic heterocycles. The first-order valence-electron chi connectivity index (χ1n) is 9.77. The number of amides is 2. The summed E-state index contributed by atoms with van der Waals surface area (Å²) >= 11 is 3.05. The number of hydrogen-bond donors (Lipinski definition) is 2. The minimum atomic E-state index is -0.369. The summed E-state index contributed by atoms with van der Waals surface area (Å²) in [5, 5.41) is 8.99. The van der Waals surface area contributed by atoms with E-state index < -0.39 is 0 Å². The van der Waals surface area contributed by atoms with Gasteiger partial charge < -0.3 is 19.7 Å². The van der Waals surface area contributed by atoms with Crippen LogP contribution in [0, 0.1) is 0 Å². The smallest absolute Gasteiger partial charge is 0.323 e. The van der Waals surface area contributed by atoms with Gasteiger partial charge >= 0.3 is 6.03 Å². The molecule has 0 unspecified atom stereocenters. The number of methoxy groups -OCH3 is 1. The predicted molar refractivity (Wildman–Crippen MR) is 130 cm³/mol. The normalized spacial score (nSPS) is 12.3. The van der Waals surface area contributed by atoms with Crippen molar-refractivity contribution < 1.29 is 14.3 Å². The fourth-order valence-corrected chi connectivity index (χ4v) is 4.93. The van der Waals surface area contributed by atoms with Crippen LogP contribution < -0.4 is 14.9 Å². The SMILES string of the molecule is COC.O=Cc1cscc1NC(=O)Nc1cccc(SN2CCCc3ccccc32)c1. The van der Waals surface area contributed by atoms with Gasteiger partial charge in [0.05, 0.1) is 11.4 Å². The number of aryl methyl sites for hydroxylation is 1. The van der Waals surface area contributed by atoms with E-state index in [4.69, 9.17) is 0 Å². The molecule has 0 aliphatic carbocycles. The average molecular weight is 456 g/mol. The fraction of sp³-hybridized carbons (Fsp3) is 0.217. The van der Waals surface area contributed by atoms with Crippen molar-refractivity contribution in [2.45, 2.75) is 17.7 Å². The van der Waals surface area contributed by atoms with E-state index >= 15 is 0 Å². The summed E-state index contributed by atoms with van der Waals surface area (Å²) < 4.78 is 6.56. The van der Waals surface area contributed by atoms with Crippen LogP contribution in [0.25, 0.3) is 0 Å². The van der Waals surface area contributed by atoms with E-state index in [1.54, 1.807) is 36.9 Å². The van der Waals surface area contributed by atoms with Gasteiger partial charge in [0.2, 0.25) is 0 Å². The molecule has 2 heterocycles. The lowest BCUT2D eigenvalue weighted by Crippen LogP contribution is -2.22. The Labute approximate surface area is 190 Å². The molecule has 0 saturated heterocycles. The van der Waals surface area contributed by atoms with Gasteiger partial charge in [-0.1, -0.05) is 24.3 Å². The second-order valence-electron chi connectivity index (χ2n) is 6.80. The summed E-state index contributed by atoms with van der Waals surface area (Å²) in [6.45, 7) is 0.993. The first-order valence-corrected chi connectivity index (χ1v) is 11.5. The second kappa shape index (κ2) is 11.5. The van der Waals surface area contributed by atoms with Crippen molar-refractivity contribution in [3.63, 3.8) is 0 Å². The molecule has 8 heteroatoms. The number of rotatable bonds is 5. The van der Waals surface area contributed by atoms with Crippen LogP contribution >= 0.6 is 23.3 Å². The molecule has 4 rings (SSSR count). The fourth-order valence-electron chi connectivity index (χ4n) is 3.14. The van der Waals surface area contributed by atoms with Crippen molar-refractivity contribution in [2.24, 2.45) is 0 Å². The molecule has 0 radical (unpaired) electrons. The topological polar surface area (TPSA) is 70.7 Å². The summed E-state index contributed by atoms with van der Waals surface area (Å²) in [6.07, 6.45) is 2.98. The van der Waals surface area contributed by atoms with E-state index in [-0.39, 0.29) is 6.03 Å². The lowest BCUT2D eigenvalue weighted by molar-refractivity contribution is 0.112. The molecule has 2 amide bonds. The quantitative estimate of drug-likeness (QED) is 0.369. The Balaban J connectivity index is 0.000000858. The van der Waals surface area contributed by atoms with Crippen LogP contribution in [0.3, 0.4) is 0 Å². The summed E-state index contributed by atoms with van der Waals surface area (Å²) in [7, 11) is 3.25. The number of nitrogens with zero attached hydrogens (tertiary/aromatic N) is 1. The van der Waals surface area contributed by atoms with Gasteiger partial charge in [-0.25, -0.2) is 4.79 Å². The van der Waals surface area contributed by atoms with Crippen molar-refractivity contribution in [2.75, 3.05) is 35.7 Å². The Hall–Kier alpha value is -2.81. The van der Waals surface area contributed by atoms with Gasteiger partial charge in [-0.3, -0.25) is 4.79 Å². The molecule has 6 nitrogen and oxygen atoms in total. The van der Waals surface area contributed by atoms with Crippen LogP contribution in [-0.2, 0) is 11.2 Å². The highest BCUT2D eigenvalue weighted by Gasteiger charge is 2.17. The van der Waals surface area contributed by atoms with Crippen molar-refractivity contribution in [1.29, 1.82) is 0 Å². The van der Waals surface area contributed by atoms with Crippen molar-refractivity contribution in [3.05, 3.63) is 70.4 Å². The summed E-state index contributed by atoms with van der Waals surface area (Å²) in [4.78, 5) is 24.3. The molecule has 0 spiro atoms. The monoisotopic (exact) mass is 455 g/mol. The number of fused-ring (bicyclic) bond motifs is 1. The van der Waals surface area contributed by atoms with Gasteiger partial charge in [-0.2, -0.15) is 0 Å². The zero-order valence-electron chi connectivity index (χ0n) is 17.5. The van der Waals surface area contributed by atoms with E-state index in [2.05, 4.69) is 43.9 Å². The van der Waals surface area contributed by atoms with Gasteiger partial charge in [0.15, 0.2) is 6.29 Å². The first kappa shape index (κ1) is 22.9. The van der Waals surface area contributed by atoms with Crippen LogP contribution in [0.15, 0.2) is 64.2 Å². The molecule has 2 N–H and O–H groups in total. The first-order chi connectivity index (χ1) is 15.1. The highest BCUT2D eigenvalue weighted by Crippen LogP contribution is 2.35. The maximum Gasteiger partial charge on any atom is 0.323 e. The largest absolute Gasteiger partial charge is 0.388 e. The molecule has 0 bridgehead atoms. The number of hydrogen-bond acceptors (Lipinski definition) is 6. The van der Waals surface area contributed by atoms with Crippen LogP contribution in [0.5, 0.6) is 0 Å². The highest BCUT2D eigenvalue weighted by atomic mass is 32.2. The Morgan fingerprint density at radius 1 is 1.13 bits per heavy atom. The van der Waals surface area contributed by atoms with E-state index in [1.165, 1.54) is 22.6 Å². The van der Waals surface area contributed by atoms with E-state index in [0.717, 1.165) is 30.6 Å². The van der Waals surface area contributed by atoms with Crippen LogP contribution in [0.1, 0.15) is 22.3 Å². The summed E-state index contributed by atoms with van der Waals surface area (Å²) in [6, 6.07) is 15.9. The van der Waals surface area contributed by atoms with E-state index in [1.807, 2.05) is 24.3 Å².